The van der Waals surface area contributed by atoms with Crippen molar-refractivity contribution in [2.45, 2.75) is 25.7 Å². The van der Waals surface area contributed by atoms with E-state index in [0.717, 1.165) is 29.7 Å². The summed E-state index contributed by atoms with van der Waals surface area (Å²) in [5.74, 6) is 0.684. The molecule has 2 aromatic heterocycles. The van der Waals surface area contributed by atoms with Crippen LogP contribution in [0.4, 0.5) is 0 Å². The van der Waals surface area contributed by atoms with Crippen molar-refractivity contribution in [2.24, 2.45) is 7.05 Å². The molecule has 0 N–H and O–H groups in total. The highest BCUT2D eigenvalue weighted by atomic mass is 35.5. The molecule has 2 aromatic rings. The first-order chi connectivity index (χ1) is 8.24. The fourth-order valence-electron chi connectivity index (χ4n) is 2.21. The Kier molecular flexibility index (Phi) is 2.59. The van der Waals surface area contributed by atoms with Crippen molar-refractivity contribution < 1.29 is 0 Å². The third-order valence-electron chi connectivity index (χ3n) is 3.10. The van der Waals surface area contributed by atoms with Gasteiger partial charge < -0.3 is 0 Å². The fourth-order valence-corrected chi connectivity index (χ4v) is 2.50. The molecule has 0 bridgehead atoms. The van der Waals surface area contributed by atoms with Crippen molar-refractivity contribution in [1.82, 2.24) is 19.7 Å². The van der Waals surface area contributed by atoms with Crippen LogP contribution in [0.15, 0.2) is 12.4 Å². The summed E-state index contributed by atoms with van der Waals surface area (Å²) in [6, 6.07) is 0. The first-order valence-corrected chi connectivity index (χ1v) is 6.16. The second-order valence-electron chi connectivity index (χ2n) is 4.37. The highest BCUT2D eigenvalue weighted by Gasteiger charge is 2.17. The largest absolute Gasteiger partial charge is 0.275 e. The van der Waals surface area contributed by atoms with Crippen LogP contribution in [0, 0.1) is 0 Å². The van der Waals surface area contributed by atoms with Gasteiger partial charge in [-0.1, -0.05) is 11.6 Å². The van der Waals surface area contributed by atoms with Crippen LogP contribution in [0.25, 0.3) is 11.4 Å². The van der Waals surface area contributed by atoms with Gasteiger partial charge in [0.15, 0.2) is 5.82 Å². The van der Waals surface area contributed by atoms with E-state index in [-0.39, 0.29) is 0 Å². The number of hydrogen-bond acceptors (Lipinski definition) is 3. The predicted molar refractivity (Wildman–Crippen MR) is 65.9 cm³/mol. The van der Waals surface area contributed by atoms with E-state index in [9.17, 15) is 0 Å². The predicted octanol–water partition coefficient (Wildman–Crippen LogP) is 2.41. The van der Waals surface area contributed by atoms with Crippen molar-refractivity contribution >= 4 is 11.6 Å². The highest BCUT2D eigenvalue weighted by molar-refractivity contribution is 6.30. The Bertz CT molecular complexity index is 562. The van der Waals surface area contributed by atoms with E-state index in [1.54, 1.807) is 10.9 Å². The molecular weight excluding hydrogens is 236 g/mol. The average Bonchev–Trinajstić information content (AvgIpc) is 2.76. The third-order valence-corrected chi connectivity index (χ3v) is 3.41. The van der Waals surface area contributed by atoms with E-state index < -0.39 is 0 Å². The van der Waals surface area contributed by atoms with Gasteiger partial charge in [-0.15, -0.1) is 0 Å². The maximum atomic E-state index is 6.23. The molecule has 0 fully saturated rings. The zero-order chi connectivity index (χ0) is 11.8. The topological polar surface area (TPSA) is 43.6 Å². The van der Waals surface area contributed by atoms with E-state index >= 15 is 0 Å². The Hall–Kier alpha value is -1.42. The molecule has 0 radical (unpaired) electrons. The van der Waals surface area contributed by atoms with Crippen LogP contribution < -0.4 is 0 Å². The molecule has 0 unspecified atom stereocenters. The molecule has 0 saturated carbocycles. The Balaban J connectivity index is 2.10. The van der Waals surface area contributed by atoms with Gasteiger partial charge >= 0.3 is 0 Å². The summed E-state index contributed by atoms with van der Waals surface area (Å²) < 4.78 is 1.74. The molecule has 3 rings (SSSR count). The molecule has 4 nitrogen and oxygen atoms in total. The molecule has 0 spiro atoms. The first kappa shape index (κ1) is 10.7. The normalized spacial score (nSPS) is 14.7. The molecule has 5 heteroatoms. The lowest BCUT2D eigenvalue weighted by molar-refractivity contribution is 0.663. The molecule has 17 heavy (non-hydrogen) atoms. The van der Waals surface area contributed by atoms with Crippen molar-refractivity contribution in [3.8, 4) is 11.4 Å². The molecule has 0 saturated heterocycles. The van der Waals surface area contributed by atoms with Crippen molar-refractivity contribution in [2.75, 3.05) is 0 Å². The van der Waals surface area contributed by atoms with Crippen LogP contribution in [0.5, 0.6) is 0 Å². The fraction of sp³-hybridized carbons (Fsp3) is 0.417. The number of fused-ring (bicyclic) bond motifs is 1. The molecule has 88 valence electrons. The van der Waals surface area contributed by atoms with E-state index in [1.165, 1.54) is 12.8 Å². The van der Waals surface area contributed by atoms with Crippen LogP contribution in [0.2, 0.25) is 5.15 Å². The standard InChI is InChI=1S/C12H13ClN4/c1-17-7-8(6-14-17)12-15-10-5-3-2-4-9(10)11(13)16-12/h6-7H,2-5H2,1H3. The molecule has 2 heterocycles. The Labute approximate surface area is 105 Å². The highest BCUT2D eigenvalue weighted by Crippen LogP contribution is 2.27. The molecule has 1 aliphatic carbocycles. The molecule has 0 atom stereocenters. The summed E-state index contributed by atoms with van der Waals surface area (Å²) in [5, 5.41) is 4.73. The molecular formula is C12H13ClN4. The number of hydrogen-bond donors (Lipinski definition) is 0. The van der Waals surface area contributed by atoms with E-state index in [1.807, 2.05) is 13.2 Å². The van der Waals surface area contributed by atoms with Gasteiger partial charge in [-0.05, 0) is 25.7 Å². The van der Waals surface area contributed by atoms with Crippen molar-refractivity contribution in [3.63, 3.8) is 0 Å². The van der Waals surface area contributed by atoms with Crippen molar-refractivity contribution in [1.29, 1.82) is 0 Å². The van der Waals surface area contributed by atoms with Gasteiger partial charge in [0, 0.05) is 24.5 Å². The summed E-state index contributed by atoms with van der Waals surface area (Å²) >= 11 is 6.23. The summed E-state index contributed by atoms with van der Waals surface area (Å²) in [4.78, 5) is 8.98. The minimum atomic E-state index is 0.605. The lowest BCUT2D eigenvalue weighted by Crippen LogP contribution is -2.08. The van der Waals surface area contributed by atoms with Crippen LogP contribution in [-0.4, -0.2) is 19.7 Å². The number of aromatic nitrogens is 4. The van der Waals surface area contributed by atoms with E-state index in [0.29, 0.717) is 11.0 Å². The number of halogens is 1. The van der Waals surface area contributed by atoms with Gasteiger partial charge in [0.05, 0.1) is 11.8 Å². The van der Waals surface area contributed by atoms with Gasteiger partial charge in [0.2, 0.25) is 0 Å². The van der Waals surface area contributed by atoms with Crippen LogP contribution >= 0.6 is 11.6 Å². The zero-order valence-electron chi connectivity index (χ0n) is 9.65. The van der Waals surface area contributed by atoms with Crippen LogP contribution in [-0.2, 0) is 19.9 Å². The minimum Gasteiger partial charge on any atom is -0.275 e. The average molecular weight is 249 g/mol. The molecule has 0 aliphatic heterocycles. The van der Waals surface area contributed by atoms with Crippen LogP contribution in [0.3, 0.4) is 0 Å². The smallest absolute Gasteiger partial charge is 0.164 e. The van der Waals surface area contributed by atoms with E-state index in [4.69, 9.17) is 11.6 Å². The number of aryl methyl sites for hydroxylation is 2. The summed E-state index contributed by atoms with van der Waals surface area (Å²) in [6.07, 6.45) is 8.04. The molecule has 1 aliphatic rings. The number of rotatable bonds is 1. The third kappa shape index (κ3) is 1.93. The minimum absolute atomic E-state index is 0.605. The number of nitrogens with zero attached hydrogens (tertiary/aromatic N) is 4. The first-order valence-electron chi connectivity index (χ1n) is 5.78. The van der Waals surface area contributed by atoms with Crippen molar-refractivity contribution in [3.05, 3.63) is 28.8 Å². The lowest BCUT2D eigenvalue weighted by atomic mass is 9.97. The maximum absolute atomic E-state index is 6.23. The van der Waals surface area contributed by atoms with Gasteiger partial charge in [-0.3, -0.25) is 4.68 Å². The lowest BCUT2D eigenvalue weighted by Gasteiger charge is -2.15. The Morgan fingerprint density at radius 3 is 2.82 bits per heavy atom. The van der Waals surface area contributed by atoms with E-state index in [2.05, 4.69) is 15.1 Å². The monoisotopic (exact) mass is 248 g/mol. The zero-order valence-corrected chi connectivity index (χ0v) is 10.4. The Morgan fingerprint density at radius 2 is 2.06 bits per heavy atom. The van der Waals surface area contributed by atoms with Crippen LogP contribution in [0.1, 0.15) is 24.1 Å². The van der Waals surface area contributed by atoms with Gasteiger partial charge in [-0.25, -0.2) is 9.97 Å². The summed E-state index contributed by atoms with van der Waals surface area (Å²) in [5.41, 5.74) is 3.16. The second-order valence-corrected chi connectivity index (χ2v) is 4.73. The van der Waals surface area contributed by atoms with Gasteiger partial charge in [0.25, 0.3) is 0 Å². The Morgan fingerprint density at radius 1 is 1.24 bits per heavy atom. The second kappa shape index (κ2) is 4.11. The SMILES string of the molecule is Cn1cc(-c2nc(Cl)c3c(n2)CCCC3)cn1. The van der Waals surface area contributed by atoms with Gasteiger partial charge in [-0.2, -0.15) is 5.10 Å². The maximum Gasteiger partial charge on any atom is 0.164 e. The summed E-state index contributed by atoms with van der Waals surface area (Å²) in [7, 11) is 1.88. The van der Waals surface area contributed by atoms with Gasteiger partial charge in [0.1, 0.15) is 5.15 Å². The molecule has 0 aromatic carbocycles. The molecule has 0 amide bonds. The summed E-state index contributed by atoms with van der Waals surface area (Å²) in [6.45, 7) is 0. The quantitative estimate of drug-likeness (QED) is 0.728.